The third-order valence-corrected chi connectivity index (χ3v) is 1.98. The predicted molar refractivity (Wildman–Crippen MR) is 61.7 cm³/mol. The van der Waals surface area contributed by atoms with Crippen molar-refractivity contribution in [3.8, 4) is 11.5 Å². The summed E-state index contributed by atoms with van der Waals surface area (Å²) in [6.07, 6.45) is 1.92. The molecule has 0 aliphatic carbocycles. The van der Waals surface area contributed by atoms with E-state index < -0.39 is 0 Å². The number of benzene rings is 1. The highest BCUT2D eigenvalue weighted by Crippen LogP contribution is 2.23. The molecular weight excluding hydrogens is 208 g/mol. The van der Waals surface area contributed by atoms with Gasteiger partial charge >= 0.3 is 6.03 Å². The van der Waals surface area contributed by atoms with Gasteiger partial charge in [-0.05, 0) is 6.42 Å². The first-order valence-corrected chi connectivity index (χ1v) is 5.19. The smallest absolute Gasteiger partial charge is 0.319 e. The van der Waals surface area contributed by atoms with Crippen molar-refractivity contribution in [2.45, 2.75) is 19.8 Å². The van der Waals surface area contributed by atoms with Crippen molar-refractivity contribution >= 4 is 11.7 Å². The molecule has 0 saturated heterocycles. The molecule has 0 aliphatic heterocycles. The van der Waals surface area contributed by atoms with Gasteiger partial charge in [-0.15, -0.1) is 0 Å². The Balaban J connectivity index is 2.49. The predicted octanol–water partition coefficient (Wildman–Crippen LogP) is 2.02. The number of amides is 2. The van der Waals surface area contributed by atoms with Crippen LogP contribution in [0.15, 0.2) is 18.2 Å². The number of nitrogens with one attached hydrogen (secondary N) is 2. The van der Waals surface area contributed by atoms with Gasteiger partial charge in [-0.3, -0.25) is 0 Å². The second-order valence-corrected chi connectivity index (χ2v) is 3.47. The lowest BCUT2D eigenvalue weighted by molar-refractivity contribution is 0.252. The summed E-state index contributed by atoms with van der Waals surface area (Å²) >= 11 is 0. The maximum absolute atomic E-state index is 11.3. The quantitative estimate of drug-likeness (QED) is 0.590. The van der Waals surface area contributed by atoms with Crippen LogP contribution in [-0.4, -0.2) is 22.8 Å². The van der Waals surface area contributed by atoms with Gasteiger partial charge in [0.25, 0.3) is 0 Å². The van der Waals surface area contributed by atoms with Crippen LogP contribution in [0.25, 0.3) is 0 Å². The number of aromatic hydroxyl groups is 2. The number of anilines is 1. The molecule has 1 rings (SSSR count). The fourth-order valence-electron chi connectivity index (χ4n) is 1.22. The van der Waals surface area contributed by atoms with Gasteiger partial charge in [-0.2, -0.15) is 0 Å². The zero-order chi connectivity index (χ0) is 12.0. The molecule has 0 heterocycles. The lowest BCUT2D eigenvalue weighted by atomic mass is 10.3. The summed E-state index contributed by atoms with van der Waals surface area (Å²) in [6, 6.07) is 3.57. The summed E-state index contributed by atoms with van der Waals surface area (Å²) in [7, 11) is 0. The third-order valence-electron chi connectivity index (χ3n) is 1.98. The van der Waals surface area contributed by atoms with Crippen LogP contribution in [0.1, 0.15) is 19.8 Å². The molecular formula is C11H16N2O3. The molecule has 2 amide bonds. The second-order valence-electron chi connectivity index (χ2n) is 3.47. The molecule has 0 unspecified atom stereocenters. The summed E-state index contributed by atoms with van der Waals surface area (Å²) in [5.74, 6) is -0.187. The highest BCUT2D eigenvalue weighted by Gasteiger charge is 2.03. The molecule has 0 saturated carbocycles. The Bertz CT molecular complexity index is 346. The Morgan fingerprint density at radius 1 is 1.25 bits per heavy atom. The number of carbonyl (C=O) groups excluding carboxylic acids is 1. The number of hydrogen-bond donors (Lipinski definition) is 4. The van der Waals surface area contributed by atoms with Crippen molar-refractivity contribution in [2.75, 3.05) is 11.9 Å². The first kappa shape index (κ1) is 12.2. The van der Waals surface area contributed by atoms with Gasteiger partial charge in [-0.25, -0.2) is 4.79 Å². The number of carbonyl (C=O) groups is 1. The minimum atomic E-state index is -0.349. The Kier molecular flexibility index (Phi) is 4.44. The molecule has 0 atom stereocenters. The summed E-state index contributed by atoms with van der Waals surface area (Å²) in [5, 5.41) is 23.5. The van der Waals surface area contributed by atoms with Gasteiger partial charge < -0.3 is 20.8 Å². The van der Waals surface area contributed by atoms with Gasteiger partial charge in [0.15, 0.2) is 0 Å². The van der Waals surface area contributed by atoms with Gasteiger partial charge in [-0.1, -0.05) is 13.3 Å². The van der Waals surface area contributed by atoms with E-state index >= 15 is 0 Å². The largest absolute Gasteiger partial charge is 0.508 e. The van der Waals surface area contributed by atoms with Crippen molar-refractivity contribution < 1.29 is 15.0 Å². The van der Waals surface area contributed by atoms with E-state index in [1.165, 1.54) is 18.2 Å². The molecule has 4 N–H and O–H groups in total. The standard InChI is InChI=1S/C11H16N2O3/c1-2-3-4-12-11(16)13-8-5-9(14)7-10(15)6-8/h5-7,14-15H,2-4H2,1H3,(H2,12,13,16). The molecule has 16 heavy (non-hydrogen) atoms. The number of phenolic OH excluding ortho intramolecular Hbond substituents is 2. The minimum absolute atomic E-state index is 0.0936. The SMILES string of the molecule is CCCCNC(=O)Nc1cc(O)cc(O)c1. The van der Waals surface area contributed by atoms with E-state index in [4.69, 9.17) is 0 Å². The van der Waals surface area contributed by atoms with Gasteiger partial charge in [0, 0.05) is 30.4 Å². The zero-order valence-corrected chi connectivity index (χ0v) is 9.16. The Hall–Kier alpha value is -1.91. The average Bonchev–Trinajstić information content (AvgIpc) is 2.16. The molecule has 0 bridgehead atoms. The van der Waals surface area contributed by atoms with Gasteiger partial charge in [0.2, 0.25) is 0 Å². The summed E-state index contributed by atoms with van der Waals surface area (Å²) in [6.45, 7) is 2.64. The average molecular weight is 224 g/mol. The van der Waals surface area contributed by atoms with Crippen LogP contribution >= 0.6 is 0 Å². The van der Waals surface area contributed by atoms with Crippen molar-refractivity contribution in [1.29, 1.82) is 0 Å². The molecule has 0 fully saturated rings. The second kappa shape index (κ2) is 5.85. The van der Waals surface area contributed by atoms with Crippen LogP contribution in [0.2, 0.25) is 0 Å². The van der Waals surface area contributed by atoms with E-state index in [-0.39, 0.29) is 17.5 Å². The summed E-state index contributed by atoms with van der Waals surface area (Å²) in [5.41, 5.74) is 0.353. The van der Waals surface area contributed by atoms with Crippen molar-refractivity contribution in [1.82, 2.24) is 5.32 Å². The first-order chi connectivity index (χ1) is 7.61. The number of phenols is 2. The maximum Gasteiger partial charge on any atom is 0.319 e. The number of unbranched alkanes of at least 4 members (excludes halogenated alkanes) is 1. The zero-order valence-electron chi connectivity index (χ0n) is 9.16. The van der Waals surface area contributed by atoms with Crippen LogP contribution in [0, 0.1) is 0 Å². The summed E-state index contributed by atoms with van der Waals surface area (Å²) < 4.78 is 0. The third kappa shape index (κ3) is 4.08. The van der Waals surface area contributed by atoms with E-state index in [9.17, 15) is 15.0 Å². The van der Waals surface area contributed by atoms with Crippen LogP contribution < -0.4 is 10.6 Å². The van der Waals surface area contributed by atoms with Gasteiger partial charge in [0.05, 0.1) is 0 Å². The Labute approximate surface area is 94.1 Å². The molecule has 1 aromatic carbocycles. The van der Waals surface area contributed by atoms with E-state index in [1.54, 1.807) is 0 Å². The van der Waals surface area contributed by atoms with E-state index in [0.29, 0.717) is 12.2 Å². The fraction of sp³-hybridized carbons (Fsp3) is 0.364. The van der Waals surface area contributed by atoms with Crippen LogP contribution in [-0.2, 0) is 0 Å². The number of rotatable bonds is 4. The normalized spacial score (nSPS) is 9.81. The van der Waals surface area contributed by atoms with Gasteiger partial charge in [0.1, 0.15) is 11.5 Å². The van der Waals surface area contributed by atoms with Crippen molar-refractivity contribution in [2.24, 2.45) is 0 Å². The fourth-order valence-corrected chi connectivity index (χ4v) is 1.22. The Morgan fingerprint density at radius 2 is 1.88 bits per heavy atom. The van der Waals surface area contributed by atoms with Crippen LogP contribution in [0.3, 0.4) is 0 Å². The molecule has 0 aliphatic rings. The maximum atomic E-state index is 11.3. The van der Waals surface area contributed by atoms with Crippen LogP contribution in [0.4, 0.5) is 10.5 Å². The first-order valence-electron chi connectivity index (χ1n) is 5.19. The summed E-state index contributed by atoms with van der Waals surface area (Å²) in [4.78, 5) is 11.3. The lowest BCUT2D eigenvalue weighted by Crippen LogP contribution is -2.29. The molecule has 88 valence electrons. The minimum Gasteiger partial charge on any atom is -0.508 e. The molecule has 5 heteroatoms. The molecule has 1 aromatic rings. The lowest BCUT2D eigenvalue weighted by Gasteiger charge is -2.07. The molecule has 5 nitrogen and oxygen atoms in total. The highest BCUT2D eigenvalue weighted by atomic mass is 16.3. The number of urea groups is 1. The topological polar surface area (TPSA) is 81.6 Å². The highest BCUT2D eigenvalue weighted by molar-refractivity contribution is 5.89. The van der Waals surface area contributed by atoms with Crippen molar-refractivity contribution in [3.63, 3.8) is 0 Å². The van der Waals surface area contributed by atoms with Crippen molar-refractivity contribution in [3.05, 3.63) is 18.2 Å². The number of hydrogen-bond acceptors (Lipinski definition) is 3. The van der Waals surface area contributed by atoms with E-state index in [2.05, 4.69) is 10.6 Å². The van der Waals surface area contributed by atoms with Crippen LogP contribution in [0.5, 0.6) is 11.5 Å². The molecule has 0 aromatic heterocycles. The Morgan fingerprint density at radius 3 is 2.44 bits per heavy atom. The van der Waals surface area contributed by atoms with E-state index in [1.807, 2.05) is 6.92 Å². The molecule has 0 spiro atoms. The van der Waals surface area contributed by atoms with E-state index in [0.717, 1.165) is 12.8 Å². The monoisotopic (exact) mass is 224 g/mol. The molecule has 0 radical (unpaired) electrons.